The van der Waals surface area contributed by atoms with Crippen molar-refractivity contribution in [2.45, 2.75) is 26.3 Å². The number of carbonyl (C=O) groups excluding carboxylic acids is 1. The number of urea groups is 1. The molecular formula is C10H20N2O4. The van der Waals surface area contributed by atoms with Crippen molar-refractivity contribution in [1.29, 1.82) is 0 Å². The number of carbonyl (C=O) groups is 2. The van der Waals surface area contributed by atoms with Crippen molar-refractivity contribution in [3.8, 4) is 0 Å². The zero-order valence-electron chi connectivity index (χ0n) is 10.0. The van der Waals surface area contributed by atoms with Gasteiger partial charge in [-0.1, -0.05) is 6.92 Å². The Morgan fingerprint density at radius 3 is 2.56 bits per heavy atom. The number of ether oxygens (including phenoxy) is 1. The van der Waals surface area contributed by atoms with Crippen LogP contribution in [0.5, 0.6) is 0 Å². The maximum absolute atomic E-state index is 11.6. The summed E-state index contributed by atoms with van der Waals surface area (Å²) in [6.07, 6.45) is 0.810. The smallest absolute Gasteiger partial charge is 0.323 e. The fourth-order valence-corrected chi connectivity index (χ4v) is 1.18. The molecule has 0 saturated heterocycles. The van der Waals surface area contributed by atoms with Crippen LogP contribution in [0.4, 0.5) is 4.79 Å². The van der Waals surface area contributed by atoms with E-state index in [-0.39, 0.29) is 18.6 Å². The highest BCUT2D eigenvalue weighted by molar-refractivity contribution is 5.80. The highest BCUT2D eigenvalue weighted by Gasteiger charge is 2.18. The van der Waals surface area contributed by atoms with E-state index in [1.54, 1.807) is 12.0 Å². The Kier molecular flexibility index (Phi) is 7.28. The van der Waals surface area contributed by atoms with Crippen LogP contribution in [0.3, 0.4) is 0 Å². The molecule has 1 unspecified atom stereocenters. The van der Waals surface area contributed by atoms with Crippen LogP contribution >= 0.6 is 0 Å². The lowest BCUT2D eigenvalue weighted by Gasteiger charge is -2.28. The fourth-order valence-electron chi connectivity index (χ4n) is 1.18. The number of nitrogens with one attached hydrogen (secondary N) is 1. The molecule has 6 heteroatoms. The average Bonchev–Trinajstić information content (AvgIpc) is 2.26. The van der Waals surface area contributed by atoms with Gasteiger partial charge in [0.1, 0.15) is 6.54 Å². The van der Waals surface area contributed by atoms with Gasteiger partial charge in [0.25, 0.3) is 0 Å². The van der Waals surface area contributed by atoms with Crippen LogP contribution in [0, 0.1) is 0 Å². The van der Waals surface area contributed by atoms with Gasteiger partial charge in [0.15, 0.2) is 0 Å². The lowest BCUT2D eigenvalue weighted by atomic mass is 10.2. The van der Waals surface area contributed by atoms with E-state index >= 15 is 0 Å². The molecule has 0 rings (SSSR count). The van der Waals surface area contributed by atoms with E-state index < -0.39 is 5.97 Å². The predicted octanol–water partition coefficient (Wildman–Crippen LogP) is 0.527. The number of hydrogen-bond acceptors (Lipinski definition) is 3. The molecule has 2 N–H and O–H groups in total. The minimum Gasteiger partial charge on any atom is -0.480 e. The molecule has 0 aliphatic carbocycles. The van der Waals surface area contributed by atoms with Crippen molar-refractivity contribution >= 4 is 12.0 Å². The van der Waals surface area contributed by atoms with Crippen LogP contribution in [-0.4, -0.2) is 54.9 Å². The molecule has 2 amide bonds. The van der Waals surface area contributed by atoms with Gasteiger partial charge in [-0.05, 0) is 13.3 Å². The van der Waals surface area contributed by atoms with Gasteiger partial charge in [-0.3, -0.25) is 4.79 Å². The van der Waals surface area contributed by atoms with Crippen molar-refractivity contribution in [2.24, 2.45) is 0 Å². The summed E-state index contributed by atoms with van der Waals surface area (Å²) in [6.45, 7) is 4.41. The van der Waals surface area contributed by atoms with Gasteiger partial charge in [-0.2, -0.15) is 0 Å². The van der Waals surface area contributed by atoms with Crippen LogP contribution in [0.2, 0.25) is 0 Å². The molecule has 6 nitrogen and oxygen atoms in total. The van der Waals surface area contributed by atoms with Gasteiger partial charge in [-0.15, -0.1) is 0 Å². The third-order valence-corrected chi connectivity index (χ3v) is 2.31. The number of aliphatic carboxylic acids is 1. The van der Waals surface area contributed by atoms with Crippen molar-refractivity contribution < 1.29 is 19.4 Å². The Morgan fingerprint density at radius 2 is 2.12 bits per heavy atom. The van der Waals surface area contributed by atoms with Crippen molar-refractivity contribution in [2.75, 3.05) is 26.8 Å². The molecule has 0 heterocycles. The zero-order valence-corrected chi connectivity index (χ0v) is 10.0. The quantitative estimate of drug-likeness (QED) is 0.671. The van der Waals surface area contributed by atoms with Crippen molar-refractivity contribution in [3.63, 3.8) is 0 Å². The summed E-state index contributed by atoms with van der Waals surface area (Å²) < 4.78 is 4.90. The van der Waals surface area contributed by atoms with Crippen LogP contribution in [0.25, 0.3) is 0 Å². The van der Waals surface area contributed by atoms with Gasteiger partial charge in [0.2, 0.25) is 0 Å². The Morgan fingerprint density at radius 1 is 1.50 bits per heavy atom. The summed E-state index contributed by atoms with van der Waals surface area (Å²) in [6, 6.07) is -0.308. The fraction of sp³-hybridized carbons (Fsp3) is 0.800. The standard InChI is InChI=1S/C10H20N2O4/c1-4-8(2)12(5-6-16-3)10(15)11-7-9(13)14/h8H,4-7H2,1-3H3,(H,11,15)(H,13,14). The molecule has 0 aromatic carbocycles. The third kappa shape index (κ3) is 5.55. The molecule has 94 valence electrons. The van der Waals surface area contributed by atoms with Gasteiger partial charge in [0.05, 0.1) is 6.61 Å². The molecule has 0 aliphatic rings. The SMILES string of the molecule is CCC(C)N(CCOC)C(=O)NCC(=O)O. The Labute approximate surface area is 95.6 Å². The number of hydrogen-bond donors (Lipinski definition) is 2. The van der Waals surface area contributed by atoms with E-state index in [2.05, 4.69) is 5.32 Å². The van der Waals surface area contributed by atoms with Gasteiger partial charge < -0.3 is 20.1 Å². The average molecular weight is 232 g/mol. The van der Waals surface area contributed by atoms with E-state index in [0.717, 1.165) is 6.42 Å². The second-order valence-electron chi connectivity index (χ2n) is 3.50. The summed E-state index contributed by atoms with van der Waals surface area (Å²) >= 11 is 0. The number of carboxylic acids is 1. The van der Waals surface area contributed by atoms with Crippen LogP contribution in [-0.2, 0) is 9.53 Å². The second-order valence-corrected chi connectivity index (χ2v) is 3.50. The van der Waals surface area contributed by atoms with Crippen molar-refractivity contribution in [3.05, 3.63) is 0 Å². The number of amides is 2. The second kappa shape index (κ2) is 7.92. The summed E-state index contributed by atoms with van der Waals surface area (Å²) in [4.78, 5) is 23.5. The summed E-state index contributed by atoms with van der Waals surface area (Å²) in [5.41, 5.74) is 0. The number of rotatable bonds is 7. The molecule has 0 bridgehead atoms. The number of methoxy groups -OCH3 is 1. The van der Waals surface area contributed by atoms with Gasteiger partial charge in [-0.25, -0.2) is 4.79 Å². The monoisotopic (exact) mass is 232 g/mol. The van der Waals surface area contributed by atoms with Gasteiger partial charge in [0, 0.05) is 19.7 Å². The minimum absolute atomic E-state index is 0.0592. The normalized spacial score (nSPS) is 11.9. The summed E-state index contributed by atoms with van der Waals surface area (Å²) in [7, 11) is 1.56. The first-order valence-electron chi connectivity index (χ1n) is 5.28. The maximum atomic E-state index is 11.6. The highest BCUT2D eigenvalue weighted by Crippen LogP contribution is 2.03. The lowest BCUT2D eigenvalue weighted by molar-refractivity contribution is -0.135. The zero-order chi connectivity index (χ0) is 12.6. The first-order valence-corrected chi connectivity index (χ1v) is 5.28. The molecule has 0 saturated carbocycles. The molecule has 0 spiro atoms. The Bertz CT molecular complexity index is 233. The maximum Gasteiger partial charge on any atom is 0.323 e. The van der Waals surface area contributed by atoms with Gasteiger partial charge >= 0.3 is 12.0 Å². The van der Waals surface area contributed by atoms with E-state index in [4.69, 9.17) is 9.84 Å². The Hall–Kier alpha value is -1.30. The lowest BCUT2D eigenvalue weighted by Crippen LogP contribution is -2.47. The van der Waals surface area contributed by atoms with Crippen LogP contribution < -0.4 is 5.32 Å². The predicted molar refractivity (Wildman–Crippen MR) is 59.4 cm³/mol. The largest absolute Gasteiger partial charge is 0.480 e. The Balaban J connectivity index is 4.25. The first-order chi connectivity index (χ1) is 7.52. The van der Waals surface area contributed by atoms with E-state index in [1.165, 1.54) is 0 Å². The molecular weight excluding hydrogens is 212 g/mol. The summed E-state index contributed by atoms with van der Waals surface area (Å²) in [5.74, 6) is -1.05. The number of nitrogens with zero attached hydrogens (tertiary/aromatic N) is 1. The minimum atomic E-state index is -1.05. The van der Waals surface area contributed by atoms with Crippen LogP contribution in [0.15, 0.2) is 0 Å². The molecule has 1 atom stereocenters. The molecule has 16 heavy (non-hydrogen) atoms. The highest BCUT2D eigenvalue weighted by atomic mass is 16.5. The summed E-state index contributed by atoms with van der Waals surface area (Å²) in [5, 5.41) is 10.8. The van der Waals surface area contributed by atoms with Crippen LogP contribution in [0.1, 0.15) is 20.3 Å². The molecule has 0 aliphatic heterocycles. The van der Waals surface area contributed by atoms with E-state index in [9.17, 15) is 9.59 Å². The first kappa shape index (κ1) is 14.7. The van der Waals surface area contributed by atoms with E-state index in [1.807, 2.05) is 13.8 Å². The third-order valence-electron chi connectivity index (χ3n) is 2.31. The molecule has 0 fully saturated rings. The molecule has 0 aromatic heterocycles. The molecule has 0 aromatic rings. The topological polar surface area (TPSA) is 78.9 Å². The number of carboxylic acid groups (broad SMARTS) is 1. The van der Waals surface area contributed by atoms with E-state index in [0.29, 0.717) is 13.2 Å². The molecule has 0 radical (unpaired) electrons. The van der Waals surface area contributed by atoms with Crippen molar-refractivity contribution in [1.82, 2.24) is 10.2 Å².